The molecule has 3 aromatic rings. The second-order valence-corrected chi connectivity index (χ2v) is 7.06. The van der Waals surface area contributed by atoms with Gasteiger partial charge in [-0.3, -0.25) is 0 Å². The first-order valence-corrected chi connectivity index (χ1v) is 9.40. The van der Waals surface area contributed by atoms with E-state index in [9.17, 15) is 5.11 Å². The summed E-state index contributed by atoms with van der Waals surface area (Å²) >= 11 is 0. The Morgan fingerprint density at radius 1 is 1.19 bits per heavy atom. The van der Waals surface area contributed by atoms with Crippen molar-refractivity contribution < 1.29 is 5.11 Å². The summed E-state index contributed by atoms with van der Waals surface area (Å²) < 4.78 is 2.04. The third-order valence-corrected chi connectivity index (χ3v) is 4.63. The summed E-state index contributed by atoms with van der Waals surface area (Å²) in [5.74, 6) is 1.29. The van der Waals surface area contributed by atoms with E-state index in [1.165, 1.54) is 5.56 Å². The van der Waals surface area contributed by atoms with E-state index in [0.29, 0.717) is 5.95 Å². The third-order valence-electron chi connectivity index (χ3n) is 4.63. The zero-order valence-corrected chi connectivity index (χ0v) is 16.4. The molecule has 27 heavy (non-hydrogen) atoms. The number of aromatic nitrogens is 4. The van der Waals surface area contributed by atoms with Gasteiger partial charge in [0.25, 0.3) is 0 Å². The van der Waals surface area contributed by atoms with E-state index < -0.39 is 0 Å². The summed E-state index contributed by atoms with van der Waals surface area (Å²) in [6.45, 7) is 6.99. The SMILES string of the molecule is CC[C@H](CO)Nc1nc(N(C)Cc2ccccc2)c2ncn(C(C)C)c2n1. The number of aliphatic hydroxyl groups is 1. The van der Waals surface area contributed by atoms with Crippen LogP contribution in [0.15, 0.2) is 36.7 Å². The molecule has 0 bridgehead atoms. The molecule has 2 aromatic heterocycles. The summed E-state index contributed by atoms with van der Waals surface area (Å²) in [4.78, 5) is 16.1. The fraction of sp³-hybridized carbons (Fsp3) is 0.450. The van der Waals surface area contributed by atoms with Crippen LogP contribution >= 0.6 is 0 Å². The van der Waals surface area contributed by atoms with Crippen molar-refractivity contribution in [3.8, 4) is 0 Å². The van der Waals surface area contributed by atoms with Crippen molar-refractivity contribution in [3.05, 3.63) is 42.2 Å². The Labute approximate surface area is 160 Å². The zero-order chi connectivity index (χ0) is 19.4. The normalized spacial score (nSPS) is 12.5. The van der Waals surface area contributed by atoms with E-state index in [1.54, 1.807) is 0 Å². The van der Waals surface area contributed by atoms with E-state index in [0.717, 1.165) is 29.9 Å². The topological polar surface area (TPSA) is 79.1 Å². The summed E-state index contributed by atoms with van der Waals surface area (Å²) in [7, 11) is 2.01. The van der Waals surface area contributed by atoms with Crippen LogP contribution in [0.5, 0.6) is 0 Å². The first-order valence-electron chi connectivity index (χ1n) is 9.40. The first kappa shape index (κ1) is 19.1. The van der Waals surface area contributed by atoms with Crippen LogP contribution in [-0.2, 0) is 6.54 Å². The molecule has 0 radical (unpaired) electrons. The summed E-state index contributed by atoms with van der Waals surface area (Å²) in [6, 6.07) is 10.4. The Morgan fingerprint density at radius 3 is 2.56 bits per heavy atom. The van der Waals surface area contributed by atoms with Crippen molar-refractivity contribution in [3.63, 3.8) is 0 Å². The van der Waals surface area contributed by atoms with Crippen molar-refractivity contribution in [1.29, 1.82) is 0 Å². The van der Waals surface area contributed by atoms with Crippen LogP contribution in [0.1, 0.15) is 38.8 Å². The predicted octanol–water partition coefficient (Wildman–Crippen LogP) is 3.23. The lowest BCUT2D eigenvalue weighted by atomic mass is 10.2. The lowest BCUT2D eigenvalue weighted by molar-refractivity contribution is 0.271. The Bertz CT molecular complexity index is 873. The lowest BCUT2D eigenvalue weighted by Gasteiger charge is -2.21. The maximum absolute atomic E-state index is 9.53. The number of aliphatic hydroxyl groups excluding tert-OH is 1. The van der Waals surface area contributed by atoms with E-state index in [2.05, 4.69) is 46.2 Å². The predicted molar refractivity (Wildman–Crippen MR) is 109 cm³/mol. The van der Waals surface area contributed by atoms with Crippen molar-refractivity contribution in [2.45, 2.75) is 45.8 Å². The number of imidazole rings is 1. The van der Waals surface area contributed by atoms with Gasteiger partial charge >= 0.3 is 0 Å². The number of hydrogen-bond acceptors (Lipinski definition) is 6. The van der Waals surface area contributed by atoms with Gasteiger partial charge in [0.05, 0.1) is 19.0 Å². The Hall–Kier alpha value is -2.67. The second-order valence-electron chi connectivity index (χ2n) is 7.06. The maximum Gasteiger partial charge on any atom is 0.227 e. The summed E-state index contributed by atoms with van der Waals surface area (Å²) in [5.41, 5.74) is 2.78. The smallest absolute Gasteiger partial charge is 0.227 e. The van der Waals surface area contributed by atoms with E-state index in [4.69, 9.17) is 4.98 Å². The molecule has 0 spiro atoms. The van der Waals surface area contributed by atoms with Gasteiger partial charge in [-0.2, -0.15) is 9.97 Å². The fourth-order valence-electron chi connectivity index (χ4n) is 3.00. The molecule has 0 fully saturated rings. The van der Waals surface area contributed by atoms with Crippen LogP contribution in [0.3, 0.4) is 0 Å². The number of fused-ring (bicyclic) bond motifs is 1. The fourth-order valence-corrected chi connectivity index (χ4v) is 3.00. The number of benzene rings is 1. The monoisotopic (exact) mass is 368 g/mol. The van der Waals surface area contributed by atoms with Gasteiger partial charge in [0.2, 0.25) is 5.95 Å². The molecule has 1 atom stereocenters. The molecule has 3 rings (SSSR count). The Kier molecular flexibility index (Phi) is 5.91. The largest absolute Gasteiger partial charge is 0.394 e. The van der Waals surface area contributed by atoms with Crippen LogP contribution < -0.4 is 10.2 Å². The highest BCUT2D eigenvalue weighted by atomic mass is 16.3. The van der Waals surface area contributed by atoms with Gasteiger partial charge in [0, 0.05) is 19.6 Å². The van der Waals surface area contributed by atoms with Crippen molar-refractivity contribution in [2.24, 2.45) is 0 Å². The number of rotatable bonds is 8. The van der Waals surface area contributed by atoms with Crippen LogP contribution in [0.25, 0.3) is 11.2 Å². The highest BCUT2D eigenvalue weighted by Gasteiger charge is 2.19. The molecule has 0 aliphatic carbocycles. The van der Waals surface area contributed by atoms with Gasteiger partial charge in [0.15, 0.2) is 17.0 Å². The van der Waals surface area contributed by atoms with Crippen LogP contribution in [0.4, 0.5) is 11.8 Å². The minimum Gasteiger partial charge on any atom is -0.394 e. The third kappa shape index (κ3) is 4.19. The lowest BCUT2D eigenvalue weighted by Crippen LogP contribution is -2.25. The standard InChI is InChI=1S/C20H28N6O/c1-5-16(12-27)22-20-23-18(25(4)11-15-9-7-6-8-10-15)17-19(24-20)26(13-21-17)14(2)3/h6-10,13-14,16,27H,5,11-12H2,1-4H3,(H,22,23,24)/t16-/m1/s1. The van der Waals surface area contributed by atoms with E-state index >= 15 is 0 Å². The molecule has 2 heterocycles. The van der Waals surface area contributed by atoms with Crippen LogP contribution in [0, 0.1) is 0 Å². The molecule has 2 N–H and O–H groups in total. The van der Waals surface area contributed by atoms with E-state index in [-0.39, 0.29) is 18.7 Å². The first-order chi connectivity index (χ1) is 13.0. The number of nitrogens with zero attached hydrogens (tertiary/aromatic N) is 5. The second kappa shape index (κ2) is 8.35. The minimum absolute atomic E-state index is 0.0382. The molecule has 1 aromatic carbocycles. The number of hydrogen-bond donors (Lipinski definition) is 2. The van der Waals surface area contributed by atoms with Crippen molar-refractivity contribution in [2.75, 3.05) is 23.9 Å². The molecule has 0 amide bonds. The van der Waals surface area contributed by atoms with Gasteiger partial charge < -0.3 is 19.9 Å². The minimum atomic E-state index is -0.0786. The quantitative estimate of drug-likeness (QED) is 0.635. The maximum atomic E-state index is 9.53. The van der Waals surface area contributed by atoms with Gasteiger partial charge in [0.1, 0.15) is 0 Å². The average Bonchev–Trinajstić information content (AvgIpc) is 3.10. The van der Waals surface area contributed by atoms with Gasteiger partial charge in [-0.15, -0.1) is 0 Å². The zero-order valence-electron chi connectivity index (χ0n) is 16.4. The molecule has 0 unspecified atom stereocenters. The van der Waals surface area contributed by atoms with E-state index in [1.807, 2.05) is 43.1 Å². The highest BCUT2D eigenvalue weighted by Crippen LogP contribution is 2.26. The molecule has 0 aliphatic heterocycles. The molecule has 0 saturated heterocycles. The van der Waals surface area contributed by atoms with Crippen LogP contribution in [0.2, 0.25) is 0 Å². The Morgan fingerprint density at radius 2 is 1.93 bits per heavy atom. The van der Waals surface area contributed by atoms with Crippen LogP contribution in [-0.4, -0.2) is 44.3 Å². The van der Waals surface area contributed by atoms with Gasteiger partial charge in [-0.1, -0.05) is 37.3 Å². The Balaban J connectivity index is 2.03. The number of anilines is 2. The average molecular weight is 368 g/mol. The summed E-state index contributed by atoms with van der Waals surface area (Å²) in [6.07, 6.45) is 2.60. The summed E-state index contributed by atoms with van der Waals surface area (Å²) in [5, 5.41) is 12.8. The molecule has 0 aliphatic rings. The van der Waals surface area contributed by atoms with Gasteiger partial charge in [-0.05, 0) is 25.8 Å². The molecule has 144 valence electrons. The molecule has 0 saturated carbocycles. The molecular weight excluding hydrogens is 340 g/mol. The number of nitrogens with one attached hydrogen (secondary N) is 1. The van der Waals surface area contributed by atoms with Crippen molar-refractivity contribution in [1.82, 2.24) is 19.5 Å². The molecular formula is C20H28N6O. The van der Waals surface area contributed by atoms with Gasteiger partial charge in [-0.25, -0.2) is 4.98 Å². The highest BCUT2D eigenvalue weighted by molar-refractivity contribution is 5.85. The van der Waals surface area contributed by atoms with Crippen molar-refractivity contribution >= 4 is 22.9 Å². The molecule has 7 nitrogen and oxygen atoms in total. The molecule has 7 heteroatoms.